The van der Waals surface area contributed by atoms with E-state index >= 15 is 0 Å². The van der Waals surface area contributed by atoms with Crippen LogP contribution in [-0.4, -0.2) is 142 Å². The average Bonchev–Trinajstić information content (AvgIpc) is 3.67. The van der Waals surface area contributed by atoms with E-state index in [9.17, 15) is 48.7 Å². The molecule has 1 aromatic rings. The SMILES string of the molecule is CN(C)P(=O)(OC1=C(O)C(C(CO)OC(=O)CCC(=O)NCC(=O)NC(Cc2cnc[nH]2)C(=O)NC(CCCCN)C(=O)O)OC1=O)N(C)C. The maximum absolute atomic E-state index is 13.1. The number of carbonyl (C=O) groups excluding carboxylic acids is 5. The number of carboxylic acids is 1. The zero-order valence-electron chi connectivity index (χ0n) is 28.1. The van der Waals surface area contributed by atoms with Crippen molar-refractivity contribution in [2.45, 2.75) is 62.8 Å². The van der Waals surface area contributed by atoms with E-state index in [4.69, 9.17) is 19.7 Å². The molecule has 0 saturated carbocycles. The van der Waals surface area contributed by atoms with Gasteiger partial charge in [0.1, 0.15) is 12.1 Å². The van der Waals surface area contributed by atoms with E-state index in [1.54, 1.807) is 0 Å². The number of unbranched alkanes of at least 4 members (excludes halogenated alkanes) is 1. The predicted molar refractivity (Wildman–Crippen MR) is 172 cm³/mol. The fourth-order valence-corrected chi connectivity index (χ4v) is 5.88. The Kier molecular flexibility index (Phi) is 16.3. The Morgan fingerprint density at radius 3 is 2.32 bits per heavy atom. The number of esters is 2. The van der Waals surface area contributed by atoms with Crippen LogP contribution in [0.15, 0.2) is 24.0 Å². The number of hydrogen-bond acceptors (Lipinski definition) is 14. The molecule has 280 valence electrons. The summed E-state index contributed by atoms with van der Waals surface area (Å²) in [7, 11) is 1.87. The van der Waals surface area contributed by atoms with Crippen molar-refractivity contribution in [2.75, 3.05) is 47.9 Å². The summed E-state index contributed by atoms with van der Waals surface area (Å²) in [5.74, 6) is -7.51. The van der Waals surface area contributed by atoms with Crippen molar-refractivity contribution in [3.63, 3.8) is 0 Å². The van der Waals surface area contributed by atoms with E-state index in [1.165, 1.54) is 50.1 Å². The summed E-state index contributed by atoms with van der Waals surface area (Å²) in [4.78, 5) is 81.2. The number of aliphatic carboxylic acids is 1. The number of ether oxygens (including phenoxy) is 2. The summed E-state index contributed by atoms with van der Waals surface area (Å²) >= 11 is 0. The number of nitrogens with zero attached hydrogens (tertiary/aromatic N) is 3. The normalized spacial score (nSPS) is 16.4. The Labute approximate surface area is 287 Å². The highest BCUT2D eigenvalue weighted by Gasteiger charge is 2.46. The second-order valence-electron chi connectivity index (χ2n) is 11.4. The van der Waals surface area contributed by atoms with E-state index < -0.39 is 105 Å². The molecule has 21 nitrogen and oxygen atoms in total. The summed E-state index contributed by atoms with van der Waals surface area (Å²) in [6.45, 7) is -1.17. The molecule has 4 atom stereocenters. The molecule has 1 aliphatic rings. The van der Waals surface area contributed by atoms with Crippen molar-refractivity contribution in [3.8, 4) is 0 Å². The molecule has 0 radical (unpaired) electrons. The number of carbonyl (C=O) groups is 6. The molecule has 0 saturated heterocycles. The van der Waals surface area contributed by atoms with Crippen molar-refractivity contribution in [1.29, 1.82) is 0 Å². The number of aromatic amines is 1. The number of aliphatic hydroxyl groups excluding tert-OH is 2. The lowest BCUT2D eigenvalue weighted by Gasteiger charge is -2.29. The highest BCUT2D eigenvalue weighted by atomic mass is 31.2. The van der Waals surface area contributed by atoms with E-state index in [0.29, 0.717) is 25.1 Å². The number of amides is 3. The molecular formula is C28H45N8O13P. The Bertz CT molecular complexity index is 1420. The molecule has 22 heteroatoms. The molecule has 0 bridgehead atoms. The Hall–Kier alpha value is -4.56. The van der Waals surface area contributed by atoms with E-state index in [2.05, 4.69) is 25.9 Å². The second kappa shape index (κ2) is 19.6. The standard InChI is InChI=1S/C28H45N8O13P/c1-35(2)50(46,36(3)4)49-25-23(41)24(48-28(25)45)19(14-37)47-22(40)9-8-20(38)31-13-21(39)33-18(11-16-12-30-15-32-16)26(42)34-17(27(43)44)7-5-6-10-29/h12,15,17-19,24,37,41H,5-11,13-14,29H2,1-4H3,(H,30,32)(H,31,38)(H,33,39)(H,34,42)(H,43,44). The molecule has 2 rings (SSSR count). The molecule has 50 heavy (non-hydrogen) atoms. The van der Waals surface area contributed by atoms with E-state index in [-0.39, 0.29) is 12.8 Å². The summed E-state index contributed by atoms with van der Waals surface area (Å²) < 4.78 is 30.9. The van der Waals surface area contributed by atoms with Gasteiger partial charge in [-0.05, 0) is 54.0 Å². The maximum atomic E-state index is 13.1. The van der Waals surface area contributed by atoms with Crippen LogP contribution in [0.1, 0.15) is 37.8 Å². The zero-order valence-corrected chi connectivity index (χ0v) is 29.0. The second-order valence-corrected chi connectivity index (χ2v) is 14.2. The van der Waals surface area contributed by atoms with Gasteiger partial charge in [-0.15, -0.1) is 0 Å². The van der Waals surface area contributed by atoms with Crippen LogP contribution < -0.4 is 21.7 Å². The quantitative estimate of drug-likeness (QED) is 0.0359. The van der Waals surface area contributed by atoms with Gasteiger partial charge in [0.15, 0.2) is 11.9 Å². The Balaban J connectivity index is 1.93. The third-order valence-electron chi connectivity index (χ3n) is 7.14. The summed E-state index contributed by atoms with van der Waals surface area (Å²) in [6, 6.07) is -2.46. The van der Waals surface area contributed by atoms with Crippen molar-refractivity contribution >= 4 is 43.3 Å². The molecule has 0 aliphatic carbocycles. The van der Waals surface area contributed by atoms with Gasteiger partial charge in [0.25, 0.3) is 5.76 Å². The molecule has 1 aliphatic heterocycles. The Morgan fingerprint density at radius 1 is 1.08 bits per heavy atom. The minimum Gasteiger partial charge on any atom is -0.505 e. The third-order valence-corrected chi connectivity index (χ3v) is 9.58. The van der Waals surface area contributed by atoms with Crippen LogP contribution in [0, 0.1) is 0 Å². The number of aliphatic hydroxyl groups is 2. The fourth-order valence-electron chi connectivity index (χ4n) is 4.43. The molecule has 0 aromatic carbocycles. The Morgan fingerprint density at radius 2 is 1.76 bits per heavy atom. The molecule has 2 heterocycles. The van der Waals surface area contributed by atoms with Crippen molar-refractivity contribution < 1.29 is 62.6 Å². The monoisotopic (exact) mass is 732 g/mol. The van der Waals surface area contributed by atoms with Crippen molar-refractivity contribution in [1.82, 2.24) is 35.3 Å². The van der Waals surface area contributed by atoms with Crippen molar-refractivity contribution in [2.24, 2.45) is 5.73 Å². The number of cyclic esters (lactones) is 1. The van der Waals surface area contributed by atoms with Crippen LogP contribution in [0.5, 0.6) is 0 Å². The summed E-state index contributed by atoms with van der Waals surface area (Å²) in [5.41, 5.74) is 5.92. The molecule has 3 amide bonds. The molecule has 4 unspecified atom stereocenters. The summed E-state index contributed by atoms with van der Waals surface area (Å²) in [5, 5.41) is 37.0. The first kappa shape index (κ1) is 41.6. The lowest BCUT2D eigenvalue weighted by atomic mass is 10.1. The first-order valence-electron chi connectivity index (χ1n) is 15.4. The largest absolute Gasteiger partial charge is 0.505 e. The van der Waals surface area contributed by atoms with Gasteiger partial charge in [-0.3, -0.25) is 19.2 Å². The average molecular weight is 733 g/mol. The highest BCUT2D eigenvalue weighted by molar-refractivity contribution is 7.54. The number of hydrogen-bond donors (Lipinski definition) is 8. The minimum atomic E-state index is -3.80. The van der Waals surface area contributed by atoms with Gasteiger partial charge in [-0.2, -0.15) is 0 Å². The molecule has 0 fully saturated rings. The van der Waals surface area contributed by atoms with Gasteiger partial charge in [-0.1, -0.05) is 0 Å². The van der Waals surface area contributed by atoms with Crippen LogP contribution in [0.3, 0.4) is 0 Å². The van der Waals surface area contributed by atoms with Crippen LogP contribution in [0.2, 0.25) is 0 Å². The van der Waals surface area contributed by atoms with E-state index in [1.807, 2.05) is 0 Å². The number of nitrogens with two attached hydrogens (primary N) is 1. The number of nitrogens with one attached hydrogen (secondary N) is 4. The smallest absolute Gasteiger partial charge is 0.395 e. The number of aromatic nitrogens is 2. The van der Waals surface area contributed by atoms with Gasteiger partial charge in [0.05, 0.1) is 25.9 Å². The fraction of sp³-hybridized carbons (Fsp3) is 0.607. The van der Waals surface area contributed by atoms with Gasteiger partial charge in [0.2, 0.25) is 23.8 Å². The lowest BCUT2D eigenvalue weighted by Crippen LogP contribution is -2.54. The van der Waals surface area contributed by atoms with Crippen LogP contribution in [0.25, 0.3) is 0 Å². The highest BCUT2D eigenvalue weighted by Crippen LogP contribution is 2.53. The van der Waals surface area contributed by atoms with E-state index in [0.717, 1.165) is 0 Å². The van der Waals surface area contributed by atoms with Crippen LogP contribution in [-0.2, 0) is 53.8 Å². The number of carboxylic acid groups (broad SMARTS) is 1. The molecular weight excluding hydrogens is 687 g/mol. The topological polar surface area (TPSA) is 305 Å². The third kappa shape index (κ3) is 12.1. The molecule has 9 N–H and O–H groups in total. The van der Waals surface area contributed by atoms with Gasteiger partial charge in [0, 0.05) is 24.7 Å². The van der Waals surface area contributed by atoms with Crippen LogP contribution in [0.4, 0.5) is 0 Å². The number of rotatable bonds is 22. The van der Waals surface area contributed by atoms with Crippen molar-refractivity contribution in [3.05, 3.63) is 29.7 Å². The lowest BCUT2D eigenvalue weighted by molar-refractivity contribution is -0.165. The van der Waals surface area contributed by atoms with Gasteiger partial charge >= 0.3 is 25.6 Å². The molecule has 0 spiro atoms. The summed E-state index contributed by atoms with van der Waals surface area (Å²) in [6.07, 6.45) is -0.512. The first-order chi connectivity index (χ1) is 23.5. The minimum absolute atomic E-state index is 0.0716. The number of imidazole rings is 1. The first-order valence-corrected chi connectivity index (χ1v) is 16.9. The molecule has 1 aromatic heterocycles. The van der Waals surface area contributed by atoms with Gasteiger partial charge < -0.3 is 56.0 Å². The van der Waals surface area contributed by atoms with Gasteiger partial charge in [-0.25, -0.2) is 28.5 Å². The van der Waals surface area contributed by atoms with Crippen LogP contribution >= 0.6 is 7.67 Å². The maximum Gasteiger partial charge on any atom is 0.395 e. The number of H-pyrrole nitrogens is 1. The predicted octanol–water partition coefficient (Wildman–Crippen LogP) is -2.12. The zero-order chi connectivity index (χ0) is 37.6.